The molecule has 0 spiro atoms. The van der Waals surface area contributed by atoms with E-state index in [1.807, 2.05) is 37.3 Å². The molecule has 0 fully saturated rings. The van der Waals surface area contributed by atoms with Crippen LogP contribution in [0.1, 0.15) is 27.0 Å². The first kappa shape index (κ1) is 21.2. The zero-order chi connectivity index (χ0) is 21.5. The SMILES string of the molecule is CCOc1ccc(C(=O)NNC(=O)c2sc(-c3ccccc3)cc2OC)cc1OC. The van der Waals surface area contributed by atoms with E-state index in [-0.39, 0.29) is 0 Å². The summed E-state index contributed by atoms with van der Waals surface area (Å²) in [5, 5.41) is 0. The minimum atomic E-state index is -0.483. The van der Waals surface area contributed by atoms with Crippen LogP contribution in [0.4, 0.5) is 0 Å². The van der Waals surface area contributed by atoms with Crippen LogP contribution >= 0.6 is 11.3 Å². The zero-order valence-electron chi connectivity index (χ0n) is 16.9. The second-order valence-electron chi connectivity index (χ2n) is 6.08. The number of nitrogens with one attached hydrogen (secondary N) is 2. The summed E-state index contributed by atoms with van der Waals surface area (Å²) in [4.78, 5) is 26.3. The van der Waals surface area contributed by atoms with Gasteiger partial charge in [0.25, 0.3) is 11.8 Å². The van der Waals surface area contributed by atoms with Gasteiger partial charge in [-0.25, -0.2) is 0 Å². The van der Waals surface area contributed by atoms with Crippen LogP contribution in [-0.2, 0) is 0 Å². The van der Waals surface area contributed by atoms with Crippen LogP contribution < -0.4 is 25.1 Å². The molecule has 3 aromatic rings. The number of amides is 2. The molecule has 0 radical (unpaired) electrons. The second-order valence-corrected chi connectivity index (χ2v) is 7.13. The van der Waals surface area contributed by atoms with Gasteiger partial charge in [0.2, 0.25) is 0 Å². The molecule has 156 valence electrons. The van der Waals surface area contributed by atoms with Crippen molar-refractivity contribution in [1.82, 2.24) is 10.9 Å². The predicted molar refractivity (Wildman–Crippen MR) is 115 cm³/mol. The lowest BCUT2D eigenvalue weighted by atomic mass is 10.2. The van der Waals surface area contributed by atoms with Crippen molar-refractivity contribution >= 4 is 23.2 Å². The number of hydrogen-bond donors (Lipinski definition) is 2. The van der Waals surface area contributed by atoms with Gasteiger partial charge >= 0.3 is 0 Å². The summed E-state index contributed by atoms with van der Waals surface area (Å²) in [5.41, 5.74) is 6.15. The molecule has 3 rings (SSSR count). The van der Waals surface area contributed by atoms with Crippen molar-refractivity contribution in [2.45, 2.75) is 6.92 Å². The van der Waals surface area contributed by atoms with E-state index in [4.69, 9.17) is 14.2 Å². The van der Waals surface area contributed by atoms with E-state index in [0.29, 0.717) is 34.3 Å². The number of carbonyl (C=O) groups excluding carboxylic acids is 2. The van der Waals surface area contributed by atoms with E-state index in [1.165, 1.54) is 25.6 Å². The highest BCUT2D eigenvalue weighted by Gasteiger charge is 2.19. The Bertz CT molecular complexity index is 1030. The molecular formula is C22H22N2O5S. The van der Waals surface area contributed by atoms with Crippen molar-refractivity contribution < 1.29 is 23.8 Å². The molecule has 0 aliphatic carbocycles. The fourth-order valence-corrected chi connectivity index (χ4v) is 3.78. The van der Waals surface area contributed by atoms with E-state index >= 15 is 0 Å². The number of hydrazine groups is 1. The number of thiophene rings is 1. The first-order chi connectivity index (χ1) is 14.6. The van der Waals surface area contributed by atoms with E-state index in [0.717, 1.165) is 10.4 Å². The summed E-state index contributed by atoms with van der Waals surface area (Å²) in [5.74, 6) is 0.461. The van der Waals surface area contributed by atoms with Gasteiger partial charge in [-0.05, 0) is 36.8 Å². The molecule has 2 N–H and O–H groups in total. The predicted octanol–water partition coefficient (Wildman–Crippen LogP) is 3.91. The Morgan fingerprint density at radius 3 is 2.23 bits per heavy atom. The molecule has 0 unspecified atom stereocenters. The van der Waals surface area contributed by atoms with Crippen LogP contribution in [0.15, 0.2) is 54.6 Å². The summed E-state index contributed by atoms with van der Waals surface area (Å²) in [6, 6.07) is 16.3. The Balaban J connectivity index is 1.71. The third kappa shape index (κ3) is 4.72. The van der Waals surface area contributed by atoms with Gasteiger partial charge in [0, 0.05) is 10.4 Å². The number of ether oxygens (including phenoxy) is 3. The number of carbonyl (C=O) groups is 2. The number of benzene rings is 2. The van der Waals surface area contributed by atoms with Gasteiger partial charge in [-0.15, -0.1) is 11.3 Å². The Kier molecular flexibility index (Phi) is 6.92. The summed E-state index contributed by atoms with van der Waals surface area (Å²) < 4.78 is 16.0. The van der Waals surface area contributed by atoms with E-state index in [2.05, 4.69) is 10.9 Å². The standard InChI is InChI=1S/C22H22N2O5S/c1-4-29-16-11-10-15(12-17(16)27-2)21(25)23-24-22(26)20-18(28-3)13-19(30-20)14-8-6-5-7-9-14/h5-13H,4H2,1-3H3,(H,23,25)(H,24,26). The highest BCUT2D eigenvalue weighted by atomic mass is 32.1. The molecule has 0 aliphatic rings. The molecule has 0 saturated carbocycles. The van der Waals surface area contributed by atoms with E-state index < -0.39 is 11.8 Å². The summed E-state index contributed by atoms with van der Waals surface area (Å²) in [6.45, 7) is 2.34. The van der Waals surface area contributed by atoms with Crippen LogP contribution in [0.3, 0.4) is 0 Å². The fourth-order valence-electron chi connectivity index (χ4n) is 2.75. The van der Waals surface area contributed by atoms with Crippen molar-refractivity contribution in [3.63, 3.8) is 0 Å². The van der Waals surface area contributed by atoms with Gasteiger partial charge < -0.3 is 14.2 Å². The fraction of sp³-hybridized carbons (Fsp3) is 0.182. The monoisotopic (exact) mass is 426 g/mol. The zero-order valence-corrected chi connectivity index (χ0v) is 17.7. The van der Waals surface area contributed by atoms with Crippen LogP contribution in [-0.4, -0.2) is 32.6 Å². The summed E-state index contributed by atoms with van der Waals surface area (Å²) in [7, 11) is 2.99. The van der Waals surface area contributed by atoms with Crippen LogP contribution in [0.5, 0.6) is 17.2 Å². The lowest BCUT2D eigenvalue weighted by Gasteiger charge is -2.11. The molecule has 2 aromatic carbocycles. The molecule has 2 amide bonds. The normalized spacial score (nSPS) is 10.2. The topological polar surface area (TPSA) is 85.9 Å². The average Bonchev–Trinajstić information content (AvgIpc) is 3.23. The van der Waals surface area contributed by atoms with Gasteiger partial charge in [0.05, 0.1) is 20.8 Å². The number of methoxy groups -OCH3 is 2. The van der Waals surface area contributed by atoms with Crippen molar-refractivity contribution in [2.75, 3.05) is 20.8 Å². The second kappa shape index (κ2) is 9.80. The Hall–Kier alpha value is -3.52. The molecule has 0 atom stereocenters. The minimum absolute atomic E-state index is 0.318. The summed E-state index contributed by atoms with van der Waals surface area (Å²) >= 11 is 1.28. The van der Waals surface area contributed by atoms with Crippen LogP contribution in [0.2, 0.25) is 0 Å². The van der Waals surface area contributed by atoms with Crippen LogP contribution in [0.25, 0.3) is 10.4 Å². The lowest BCUT2D eigenvalue weighted by Crippen LogP contribution is -2.41. The molecule has 8 heteroatoms. The Morgan fingerprint density at radius 2 is 1.57 bits per heavy atom. The lowest BCUT2D eigenvalue weighted by molar-refractivity contribution is 0.0847. The molecule has 30 heavy (non-hydrogen) atoms. The molecular weight excluding hydrogens is 404 g/mol. The van der Waals surface area contributed by atoms with E-state index in [9.17, 15) is 9.59 Å². The highest BCUT2D eigenvalue weighted by molar-refractivity contribution is 7.17. The van der Waals surface area contributed by atoms with Crippen molar-refractivity contribution in [1.29, 1.82) is 0 Å². The first-order valence-corrected chi connectivity index (χ1v) is 10.0. The number of rotatable bonds is 7. The summed E-state index contributed by atoms with van der Waals surface area (Å²) in [6.07, 6.45) is 0. The van der Waals surface area contributed by atoms with Gasteiger partial charge in [0.15, 0.2) is 11.5 Å². The molecule has 0 aliphatic heterocycles. The van der Waals surface area contributed by atoms with Crippen molar-refractivity contribution in [3.8, 4) is 27.7 Å². The Morgan fingerprint density at radius 1 is 0.867 bits per heavy atom. The molecule has 0 saturated heterocycles. The largest absolute Gasteiger partial charge is 0.495 e. The maximum absolute atomic E-state index is 12.6. The van der Waals surface area contributed by atoms with Crippen LogP contribution in [0, 0.1) is 0 Å². The maximum atomic E-state index is 12.6. The van der Waals surface area contributed by atoms with Gasteiger partial charge in [-0.2, -0.15) is 0 Å². The van der Waals surface area contributed by atoms with Gasteiger partial charge in [-0.3, -0.25) is 20.4 Å². The molecule has 0 bridgehead atoms. The Labute approximate surface area is 178 Å². The van der Waals surface area contributed by atoms with Crippen molar-refractivity contribution in [3.05, 3.63) is 65.0 Å². The number of hydrogen-bond acceptors (Lipinski definition) is 6. The quantitative estimate of drug-likeness (QED) is 0.560. The van der Waals surface area contributed by atoms with E-state index in [1.54, 1.807) is 24.3 Å². The van der Waals surface area contributed by atoms with Crippen molar-refractivity contribution in [2.24, 2.45) is 0 Å². The molecule has 7 nitrogen and oxygen atoms in total. The average molecular weight is 426 g/mol. The van der Waals surface area contributed by atoms with Gasteiger partial charge in [0.1, 0.15) is 10.6 Å². The first-order valence-electron chi connectivity index (χ1n) is 9.22. The molecule has 1 aromatic heterocycles. The highest BCUT2D eigenvalue weighted by Crippen LogP contribution is 2.36. The third-order valence-corrected chi connectivity index (χ3v) is 5.36. The minimum Gasteiger partial charge on any atom is -0.495 e. The maximum Gasteiger partial charge on any atom is 0.283 e. The molecule has 1 heterocycles. The van der Waals surface area contributed by atoms with Gasteiger partial charge in [-0.1, -0.05) is 30.3 Å². The third-order valence-electron chi connectivity index (χ3n) is 4.20. The smallest absolute Gasteiger partial charge is 0.283 e.